The van der Waals surface area contributed by atoms with Gasteiger partial charge in [0.05, 0.1) is 0 Å². The lowest BCUT2D eigenvalue weighted by Gasteiger charge is -2.12. The molecule has 2 atom stereocenters. The highest BCUT2D eigenvalue weighted by Gasteiger charge is 2.17. The van der Waals surface area contributed by atoms with Gasteiger partial charge in [0.25, 0.3) is 5.08 Å². The number of ether oxygens (including phenoxy) is 1. The number of rotatable bonds is 4. The molecular weight excluding hydrogens is 265 g/mol. The Morgan fingerprint density at radius 1 is 1.47 bits per heavy atom. The van der Waals surface area contributed by atoms with Crippen LogP contribution in [0.2, 0.25) is 0 Å². The number of carbonyl (C=O) groups excluding carboxylic acids is 1. The van der Waals surface area contributed by atoms with Crippen LogP contribution in [0.25, 0.3) is 0 Å². The monoisotopic (exact) mass is 275 g/mol. The van der Waals surface area contributed by atoms with Crippen LogP contribution in [0.1, 0.15) is 5.56 Å². The second-order valence-corrected chi connectivity index (χ2v) is 3.77. The molecule has 0 aromatic heterocycles. The lowest BCUT2D eigenvalue weighted by Crippen LogP contribution is -2.31. The van der Waals surface area contributed by atoms with Crippen molar-refractivity contribution in [3.05, 3.63) is 35.9 Å². The minimum absolute atomic E-state index is 0.367. The summed E-state index contributed by atoms with van der Waals surface area (Å²) in [5, 5.41) is -1.82. The molecule has 0 spiro atoms. The third-order valence-electron chi connectivity index (χ3n) is 1.73. The predicted molar refractivity (Wildman–Crippen MR) is 58.0 cm³/mol. The van der Waals surface area contributed by atoms with Gasteiger partial charge in [0.2, 0.25) is 0 Å². The number of hydrogen-bond acceptors (Lipinski definition) is 3. The molecule has 3 nitrogen and oxygen atoms in total. The Labute approximate surface area is 95.5 Å². The SMILES string of the molecule is N[C@H](Cc1ccccc1)OC(=O)C(F)Br. The fourth-order valence-corrected chi connectivity index (χ4v) is 1.20. The topological polar surface area (TPSA) is 52.3 Å². The molecule has 0 radical (unpaired) electrons. The fourth-order valence-electron chi connectivity index (χ4n) is 1.09. The first-order valence-corrected chi connectivity index (χ1v) is 5.29. The van der Waals surface area contributed by atoms with Crippen molar-refractivity contribution in [2.24, 2.45) is 5.73 Å². The fraction of sp³-hybridized carbons (Fsp3) is 0.300. The van der Waals surface area contributed by atoms with Crippen molar-refractivity contribution < 1.29 is 13.9 Å². The number of halogens is 2. The Balaban J connectivity index is 2.43. The van der Waals surface area contributed by atoms with Crippen molar-refractivity contribution in [3.63, 3.8) is 0 Å². The molecule has 0 aliphatic carbocycles. The van der Waals surface area contributed by atoms with Crippen LogP contribution in [0.3, 0.4) is 0 Å². The van der Waals surface area contributed by atoms with Gasteiger partial charge in [-0.1, -0.05) is 30.3 Å². The van der Waals surface area contributed by atoms with E-state index in [9.17, 15) is 9.18 Å². The molecule has 5 heteroatoms. The summed E-state index contributed by atoms with van der Waals surface area (Å²) in [5.74, 6) is -1.00. The van der Waals surface area contributed by atoms with Gasteiger partial charge in [-0.15, -0.1) is 0 Å². The van der Waals surface area contributed by atoms with Gasteiger partial charge in [0.15, 0.2) is 6.23 Å². The molecule has 1 rings (SSSR count). The molecule has 0 aliphatic heterocycles. The minimum Gasteiger partial charge on any atom is -0.444 e. The first kappa shape index (κ1) is 12.1. The maximum atomic E-state index is 12.4. The van der Waals surface area contributed by atoms with Gasteiger partial charge in [-0.3, -0.25) is 5.73 Å². The van der Waals surface area contributed by atoms with Gasteiger partial charge in [0, 0.05) is 6.42 Å². The Bertz CT molecular complexity index is 318. The molecule has 0 saturated heterocycles. The zero-order chi connectivity index (χ0) is 11.3. The highest BCUT2D eigenvalue weighted by atomic mass is 79.9. The standard InChI is InChI=1S/C10H11BrFNO2/c11-9(12)10(14)15-8(13)6-7-4-2-1-3-5-7/h1-5,8-9H,6,13H2/t8-,9?/m0/s1. The van der Waals surface area contributed by atoms with Crippen LogP contribution in [-0.2, 0) is 16.0 Å². The van der Waals surface area contributed by atoms with Crippen LogP contribution in [0, 0.1) is 0 Å². The summed E-state index contributed by atoms with van der Waals surface area (Å²) < 4.78 is 17.0. The maximum absolute atomic E-state index is 12.4. The molecule has 0 fully saturated rings. The van der Waals surface area contributed by atoms with Crippen LogP contribution >= 0.6 is 15.9 Å². The molecule has 0 aliphatic rings. The van der Waals surface area contributed by atoms with Gasteiger partial charge in [0.1, 0.15) is 0 Å². The molecule has 1 aromatic carbocycles. The third kappa shape index (κ3) is 4.40. The summed E-state index contributed by atoms with van der Waals surface area (Å²) in [6.45, 7) is 0. The van der Waals surface area contributed by atoms with E-state index in [1.807, 2.05) is 30.3 Å². The molecular formula is C10H11BrFNO2. The Morgan fingerprint density at radius 3 is 2.60 bits per heavy atom. The summed E-state index contributed by atoms with van der Waals surface area (Å²) in [7, 11) is 0. The highest BCUT2D eigenvalue weighted by Crippen LogP contribution is 2.07. The number of hydrogen-bond donors (Lipinski definition) is 1. The summed E-state index contributed by atoms with van der Waals surface area (Å²) in [5.41, 5.74) is 6.45. The second-order valence-electron chi connectivity index (χ2n) is 2.97. The Kier molecular flexibility index (Phi) is 4.71. The van der Waals surface area contributed by atoms with Crippen LogP contribution in [0.4, 0.5) is 4.39 Å². The van der Waals surface area contributed by atoms with E-state index in [0.717, 1.165) is 5.56 Å². The Hall–Kier alpha value is -0.940. The molecule has 0 bridgehead atoms. The minimum atomic E-state index is -1.82. The summed E-state index contributed by atoms with van der Waals surface area (Å²) in [6, 6.07) is 9.29. The average molecular weight is 276 g/mol. The zero-order valence-electron chi connectivity index (χ0n) is 7.90. The summed E-state index contributed by atoms with van der Waals surface area (Å²) in [6.07, 6.45) is -0.456. The molecule has 82 valence electrons. The van der Waals surface area contributed by atoms with E-state index < -0.39 is 17.3 Å². The average Bonchev–Trinajstić information content (AvgIpc) is 2.18. The van der Waals surface area contributed by atoms with E-state index in [1.54, 1.807) is 0 Å². The lowest BCUT2D eigenvalue weighted by molar-refractivity contribution is -0.150. The number of carbonyl (C=O) groups is 1. The molecule has 0 heterocycles. The quantitative estimate of drug-likeness (QED) is 0.518. The smallest absolute Gasteiger partial charge is 0.353 e. The second kappa shape index (κ2) is 5.82. The Morgan fingerprint density at radius 2 is 2.07 bits per heavy atom. The molecule has 0 amide bonds. The molecule has 15 heavy (non-hydrogen) atoms. The van der Waals surface area contributed by atoms with Gasteiger partial charge >= 0.3 is 5.97 Å². The number of esters is 1. The zero-order valence-corrected chi connectivity index (χ0v) is 9.48. The van der Waals surface area contributed by atoms with E-state index >= 15 is 0 Å². The van der Waals surface area contributed by atoms with E-state index in [4.69, 9.17) is 5.73 Å². The first-order valence-electron chi connectivity index (χ1n) is 4.37. The molecule has 0 saturated carbocycles. The summed E-state index contributed by atoms with van der Waals surface area (Å²) >= 11 is 2.46. The first-order chi connectivity index (χ1) is 7.09. The number of benzene rings is 1. The van der Waals surface area contributed by atoms with E-state index in [-0.39, 0.29) is 0 Å². The van der Waals surface area contributed by atoms with Crippen LogP contribution in [0.15, 0.2) is 30.3 Å². The molecule has 2 N–H and O–H groups in total. The number of alkyl halides is 2. The van der Waals surface area contributed by atoms with E-state index in [2.05, 4.69) is 20.7 Å². The third-order valence-corrected chi connectivity index (χ3v) is 2.10. The van der Waals surface area contributed by atoms with Crippen molar-refractivity contribution in [2.75, 3.05) is 0 Å². The van der Waals surface area contributed by atoms with Gasteiger partial charge < -0.3 is 4.74 Å². The molecule has 1 aromatic rings. The van der Waals surface area contributed by atoms with Crippen LogP contribution in [0.5, 0.6) is 0 Å². The van der Waals surface area contributed by atoms with Crippen LogP contribution in [-0.4, -0.2) is 17.3 Å². The van der Waals surface area contributed by atoms with Crippen molar-refractivity contribution >= 4 is 21.9 Å². The van der Waals surface area contributed by atoms with Gasteiger partial charge in [-0.25, -0.2) is 9.18 Å². The van der Waals surface area contributed by atoms with Crippen molar-refractivity contribution in [1.82, 2.24) is 0 Å². The molecule has 1 unspecified atom stereocenters. The lowest BCUT2D eigenvalue weighted by atomic mass is 10.1. The van der Waals surface area contributed by atoms with Crippen molar-refractivity contribution in [1.29, 1.82) is 0 Å². The van der Waals surface area contributed by atoms with Crippen LogP contribution < -0.4 is 5.73 Å². The van der Waals surface area contributed by atoms with E-state index in [0.29, 0.717) is 6.42 Å². The largest absolute Gasteiger partial charge is 0.444 e. The predicted octanol–water partition coefficient (Wildman–Crippen LogP) is 1.75. The van der Waals surface area contributed by atoms with Gasteiger partial charge in [-0.2, -0.15) is 0 Å². The highest BCUT2D eigenvalue weighted by molar-refractivity contribution is 9.09. The normalized spacial score (nSPS) is 14.3. The summed E-state index contributed by atoms with van der Waals surface area (Å²) in [4.78, 5) is 10.8. The maximum Gasteiger partial charge on any atom is 0.353 e. The number of nitrogens with two attached hydrogens (primary N) is 1. The van der Waals surface area contributed by atoms with Gasteiger partial charge in [-0.05, 0) is 21.5 Å². The van der Waals surface area contributed by atoms with Crippen molar-refractivity contribution in [2.45, 2.75) is 17.7 Å². The van der Waals surface area contributed by atoms with Crippen molar-refractivity contribution in [3.8, 4) is 0 Å². The van der Waals surface area contributed by atoms with E-state index in [1.165, 1.54) is 0 Å².